The van der Waals surface area contributed by atoms with Crippen LogP contribution >= 0.6 is 0 Å². The van der Waals surface area contributed by atoms with Crippen LogP contribution in [0, 0.1) is 5.92 Å². The second kappa shape index (κ2) is 6.17. The Bertz CT molecular complexity index is 447. The van der Waals surface area contributed by atoms with Crippen molar-refractivity contribution < 1.29 is 0 Å². The molecule has 1 aromatic carbocycles. The lowest BCUT2D eigenvalue weighted by molar-refractivity contribution is 0.157. The smallest absolute Gasteiger partial charge is 0.0376 e. The van der Waals surface area contributed by atoms with Crippen molar-refractivity contribution in [3.63, 3.8) is 0 Å². The zero-order chi connectivity index (χ0) is 13.9. The van der Waals surface area contributed by atoms with E-state index < -0.39 is 0 Å². The first-order valence-corrected chi connectivity index (χ1v) is 8.32. The van der Waals surface area contributed by atoms with E-state index in [9.17, 15) is 0 Å². The third-order valence-electron chi connectivity index (χ3n) is 5.33. The van der Waals surface area contributed by atoms with Gasteiger partial charge in [-0.05, 0) is 62.3 Å². The first-order chi connectivity index (χ1) is 9.76. The van der Waals surface area contributed by atoms with E-state index in [0.29, 0.717) is 0 Å². The number of nitrogens with one attached hydrogen (secondary N) is 1. The van der Waals surface area contributed by atoms with Gasteiger partial charge in [0, 0.05) is 24.8 Å². The van der Waals surface area contributed by atoms with E-state index in [4.69, 9.17) is 0 Å². The summed E-state index contributed by atoms with van der Waals surface area (Å²) in [5.41, 5.74) is 4.31. The normalized spacial score (nSPS) is 25.6. The molecular formula is C18H28N2. The summed E-state index contributed by atoms with van der Waals surface area (Å²) in [4.78, 5) is 2.57. The van der Waals surface area contributed by atoms with E-state index in [1.54, 1.807) is 0 Å². The van der Waals surface area contributed by atoms with Gasteiger partial charge in [0.2, 0.25) is 0 Å². The van der Waals surface area contributed by atoms with Gasteiger partial charge < -0.3 is 5.32 Å². The van der Waals surface area contributed by atoms with Crippen molar-refractivity contribution in [2.75, 3.05) is 18.9 Å². The average Bonchev–Trinajstić information content (AvgIpc) is 2.95. The van der Waals surface area contributed by atoms with Gasteiger partial charge >= 0.3 is 0 Å². The van der Waals surface area contributed by atoms with E-state index in [-0.39, 0.29) is 0 Å². The van der Waals surface area contributed by atoms with Gasteiger partial charge in [0.1, 0.15) is 0 Å². The molecule has 1 N–H and O–H groups in total. The predicted molar refractivity (Wildman–Crippen MR) is 86.1 cm³/mol. The molecule has 1 fully saturated rings. The second-order valence-corrected chi connectivity index (χ2v) is 6.67. The number of fused-ring (bicyclic) bond motifs is 1. The topological polar surface area (TPSA) is 15.3 Å². The second-order valence-electron chi connectivity index (χ2n) is 6.67. The van der Waals surface area contributed by atoms with Gasteiger partial charge in [0.25, 0.3) is 0 Å². The average molecular weight is 272 g/mol. The maximum atomic E-state index is 3.49. The maximum Gasteiger partial charge on any atom is 0.0376 e. The summed E-state index contributed by atoms with van der Waals surface area (Å²) in [5.74, 6) is 0.990. The van der Waals surface area contributed by atoms with E-state index in [0.717, 1.165) is 25.0 Å². The molecule has 0 amide bonds. The molecule has 0 radical (unpaired) electrons. The summed E-state index contributed by atoms with van der Waals surface area (Å²) < 4.78 is 0. The molecule has 1 heterocycles. The van der Waals surface area contributed by atoms with Crippen LogP contribution in [-0.4, -0.2) is 24.5 Å². The van der Waals surface area contributed by atoms with Gasteiger partial charge in [-0.3, -0.25) is 4.90 Å². The zero-order valence-corrected chi connectivity index (χ0v) is 13.0. The van der Waals surface area contributed by atoms with Gasteiger partial charge in [-0.1, -0.05) is 25.5 Å². The van der Waals surface area contributed by atoms with Gasteiger partial charge in [-0.2, -0.15) is 0 Å². The van der Waals surface area contributed by atoms with Gasteiger partial charge in [-0.25, -0.2) is 0 Å². The molecule has 3 rings (SSSR count). The van der Waals surface area contributed by atoms with E-state index >= 15 is 0 Å². The van der Waals surface area contributed by atoms with Gasteiger partial charge in [0.05, 0.1) is 0 Å². The zero-order valence-electron chi connectivity index (χ0n) is 13.0. The summed E-state index contributed by atoms with van der Waals surface area (Å²) in [6.45, 7) is 4.54. The lowest BCUT2D eigenvalue weighted by Crippen LogP contribution is -2.34. The van der Waals surface area contributed by atoms with Crippen molar-refractivity contribution in [3.05, 3.63) is 29.3 Å². The van der Waals surface area contributed by atoms with Crippen molar-refractivity contribution in [2.45, 2.75) is 58.0 Å². The molecule has 1 aromatic rings. The van der Waals surface area contributed by atoms with E-state index in [2.05, 4.69) is 42.4 Å². The summed E-state index contributed by atoms with van der Waals surface area (Å²) in [6, 6.07) is 7.78. The lowest BCUT2D eigenvalue weighted by Gasteiger charge is -2.34. The lowest BCUT2D eigenvalue weighted by atomic mass is 9.84. The van der Waals surface area contributed by atoms with Crippen LogP contribution in [-0.2, 0) is 13.0 Å². The number of hydrogen-bond acceptors (Lipinski definition) is 2. The Balaban J connectivity index is 1.57. The molecule has 0 bridgehead atoms. The van der Waals surface area contributed by atoms with Crippen LogP contribution in [0.2, 0.25) is 0 Å². The highest BCUT2D eigenvalue weighted by atomic mass is 15.1. The molecule has 20 heavy (non-hydrogen) atoms. The Labute approximate surface area is 123 Å². The number of benzene rings is 1. The van der Waals surface area contributed by atoms with Crippen molar-refractivity contribution in [1.29, 1.82) is 0 Å². The molecule has 0 atom stereocenters. The van der Waals surface area contributed by atoms with Crippen LogP contribution < -0.4 is 5.32 Å². The van der Waals surface area contributed by atoms with Crippen molar-refractivity contribution >= 4 is 5.69 Å². The molecule has 2 nitrogen and oxygen atoms in total. The third kappa shape index (κ3) is 3.01. The van der Waals surface area contributed by atoms with Crippen LogP contribution in [0.5, 0.6) is 0 Å². The number of rotatable bonds is 4. The first kappa shape index (κ1) is 13.9. The predicted octanol–water partition coefficient (Wildman–Crippen LogP) is 4.06. The minimum atomic E-state index is 0.791. The van der Waals surface area contributed by atoms with E-state index in [1.165, 1.54) is 55.3 Å². The minimum Gasteiger partial charge on any atom is -0.384 e. The molecule has 0 aromatic heterocycles. The SMILES string of the molecule is CCC1CCC(N(C)Cc2ccc3c(c2)NCC3)CC1. The standard InChI is InChI=1S/C18H28N2/c1-3-14-5-8-17(9-6-14)20(2)13-15-4-7-16-10-11-19-18(16)12-15/h4,7,12,14,17,19H,3,5-6,8-11,13H2,1-2H3. The Morgan fingerprint density at radius 1 is 1.20 bits per heavy atom. The number of anilines is 1. The molecular weight excluding hydrogens is 244 g/mol. The quantitative estimate of drug-likeness (QED) is 0.889. The highest BCUT2D eigenvalue weighted by Gasteiger charge is 2.23. The molecule has 2 aliphatic rings. The molecule has 1 aliphatic heterocycles. The van der Waals surface area contributed by atoms with Crippen LogP contribution in [0.3, 0.4) is 0 Å². The van der Waals surface area contributed by atoms with Gasteiger partial charge in [0.15, 0.2) is 0 Å². The highest BCUT2D eigenvalue weighted by Crippen LogP contribution is 2.30. The third-order valence-corrected chi connectivity index (χ3v) is 5.33. The first-order valence-electron chi connectivity index (χ1n) is 8.32. The maximum absolute atomic E-state index is 3.49. The number of nitrogens with zero attached hydrogens (tertiary/aromatic N) is 1. The summed E-state index contributed by atoms with van der Waals surface area (Å²) in [7, 11) is 2.30. The van der Waals surface area contributed by atoms with E-state index in [1.807, 2.05) is 0 Å². The molecule has 1 aliphatic carbocycles. The molecule has 1 saturated carbocycles. The van der Waals surface area contributed by atoms with Crippen LogP contribution in [0.1, 0.15) is 50.2 Å². The van der Waals surface area contributed by atoms with Gasteiger partial charge in [-0.15, -0.1) is 0 Å². The molecule has 110 valence electrons. The van der Waals surface area contributed by atoms with Crippen molar-refractivity contribution in [2.24, 2.45) is 5.92 Å². The number of hydrogen-bond donors (Lipinski definition) is 1. The minimum absolute atomic E-state index is 0.791. The fraction of sp³-hybridized carbons (Fsp3) is 0.667. The Hall–Kier alpha value is -1.02. The van der Waals surface area contributed by atoms with Crippen LogP contribution in [0.4, 0.5) is 5.69 Å². The Morgan fingerprint density at radius 3 is 2.75 bits per heavy atom. The largest absolute Gasteiger partial charge is 0.384 e. The molecule has 0 saturated heterocycles. The fourth-order valence-corrected chi connectivity index (χ4v) is 3.85. The molecule has 0 spiro atoms. The van der Waals surface area contributed by atoms with Crippen molar-refractivity contribution in [1.82, 2.24) is 4.90 Å². The summed E-state index contributed by atoms with van der Waals surface area (Å²) in [6.07, 6.45) is 8.18. The molecule has 2 heteroatoms. The Morgan fingerprint density at radius 2 is 2.00 bits per heavy atom. The monoisotopic (exact) mass is 272 g/mol. The fourth-order valence-electron chi connectivity index (χ4n) is 3.85. The highest BCUT2D eigenvalue weighted by molar-refractivity contribution is 5.57. The summed E-state index contributed by atoms with van der Waals surface area (Å²) in [5, 5.41) is 3.49. The Kier molecular flexibility index (Phi) is 4.30. The van der Waals surface area contributed by atoms with Crippen LogP contribution in [0.25, 0.3) is 0 Å². The van der Waals surface area contributed by atoms with Crippen molar-refractivity contribution in [3.8, 4) is 0 Å². The van der Waals surface area contributed by atoms with Crippen LogP contribution in [0.15, 0.2) is 18.2 Å². The molecule has 0 unspecified atom stereocenters. The summed E-state index contributed by atoms with van der Waals surface area (Å²) >= 11 is 0.